The van der Waals surface area contributed by atoms with Crippen LogP contribution in [0, 0.1) is 18.2 Å². The molecular weight excluding hydrogens is 690 g/mol. The van der Waals surface area contributed by atoms with Crippen LogP contribution in [0.1, 0.15) is 29.5 Å². The molecule has 1 aliphatic heterocycles. The molecule has 1 unspecified atom stereocenters. The minimum Gasteiger partial charge on any atom is -0.494 e. The van der Waals surface area contributed by atoms with Gasteiger partial charge in [0.25, 0.3) is 5.91 Å². The van der Waals surface area contributed by atoms with Crippen molar-refractivity contribution in [2.45, 2.75) is 29.4 Å². The van der Waals surface area contributed by atoms with E-state index in [1.54, 1.807) is 41.1 Å². The third-order valence-corrected chi connectivity index (χ3v) is 9.21. The number of carboxylic acids is 1. The number of nitrogens with one attached hydrogen (secondary N) is 1. The average Bonchev–Trinajstić information content (AvgIpc) is 3.65. The van der Waals surface area contributed by atoms with Gasteiger partial charge in [0.05, 0.1) is 33.9 Å². The van der Waals surface area contributed by atoms with E-state index < -0.39 is 44.4 Å². The summed E-state index contributed by atoms with van der Waals surface area (Å²) in [6.45, 7) is 5.71. The molecule has 1 atom stereocenters. The van der Waals surface area contributed by atoms with Crippen molar-refractivity contribution in [2.24, 2.45) is 0 Å². The summed E-state index contributed by atoms with van der Waals surface area (Å²) in [5, 5.41) is 30.5. The summed E-state index contributed by atoms with van der Waals surface area (Å²) >= 11 is 8.39. The number of aliphatic hydroxyl groups is 1. The molecule has 3 N–H and O–H groups in total. The van der Waals surface area contributed by atoms with Crippen LogP contribution >= 0.6 is 34.2 Å². The SMILES string of the molecule is C=CC(=O)N1CC2(CC2)N(C(=O)C(C(=N)c2c(F)cccc2Cl)=C(O)n2cc(C)c3c(/C=C/C(=O)O)cccc32)CC1I. The van der Waals surface area contributed by atoms with Gasteiger partial charge in [0, 0.05) is 24.2 Å². The van der Waals surface area contributed by atoms with Crippen LogP contribution in [-0.2, 0) is 14.4 Å². The number of halogens is 3. The van der Waals surface area contributed by atoms with Crippen LogP contribution < -0.4 is 0 Å². The van der Waals surface area contributed by atoms with Crippen LogP contribution in [0.2, 0.25) is 5.02 Å². The molecule has 1 spiro atoms. The van der Waals surface area contributed by atoms with Crippen molar-refractivity contribution in [3.63, 3.8) is 0 Å². The van der Waals surface area contributed by atoms with Crippen molar-refractivity contribution in [3.05, 3.63) is 94.4 Å². The number of carbonyl (C=O) groups excluding carboxylic acids is 2. The van der Waals surface area contributed by atoms with Crippen LogP contribution in [0.3, 0.4) is 0 Å². The maximum absolute atomic E-state index is 15.1. The first-order valence-corrected chi connectivity index (χ1v) is 14.9. The molecule has 0 bridgehead atoms. The van der Waals surface area contributed by atoms with Gasteiger partial charge in [-0.05, 0) is 61.2 Å². The van der Waals surface area contributed by atoms with Gasteiger partial charge in [0.15, 0.2) is 0 Å². The zero-order chi connectivity index (χ0) is 31.2. The molecule has 12 heteroatoms. The number of aryl methyl sites for hydroxylation is 1. The lowest BCUT2D eigenvalue weighted by Gasteiger charge is -2.45. The Morgan fingerprint density at radius 1 is 1.19 bits per heavy atom. The van der Waals surface area contributed by atoms with E-state index in [2.05, 4.69) is 29.2 Å². The smallest absolute Gasteiger partial charge is 0.328 e. The lowest BCUT2D eigenvalue weighted by molar-refractivity contribution is -0.139. The number of hydrogen-bond donors (Lipinski definition) is 3. The Kier molecular flexibility index (Phi) is 8.23. The number of fused-ring (bicyclic) bond motifs is 1. The highest BCUT2D eigenvalue weighted by Crippen LogP contribution is 2.47. The molecule has 1 saturated carbocycles. The van der Waals surface area contributed by atoms with E-state index in [9.17, 15) is 19.5 Å². The number of aliphatic hydroxyl groups excluding tert-OH is 1. The lowest BCUT2D eigenvalue weighted by Crippen LogP contribution is -2.61. The number of piperazine rings is 1. The predicted molar refractivity (Wildman–Crippen MR) is 171 cm³/mol. The Morgan fingerprint density at radius 3 is 2.51 bits per heavy atom. The molecule has 2 aliphatic rings. The highest BCUT2D eigenvalue weighted by Gasteiger charge is 2.56. The zero-order valence-corrected chi connectivity index (χ0v) is 25.9. The molecule has 2 fully saturated rings. The third kappa shape index (κ3) is 5.47. The first-order chi connectivity index (χ1) is 20.4. The second kappa shape index (κ2) is 11.6. The van der Waals surface area contributed by atoms with Crippen LogP contribution in [0.15, 0.2) is 66.9 Å². The largest absolute Gasteiger partial charge is 0.494 e. The van der Waals surface area contributed by atoms with Crippen molar-refractivity contribution in [1.29, 1.82) is 5.41 Å². The normalized spacial score (nSPS) is 18.2. The van der Waals surface area contributed by atoms with Crippen molar-refractivity contribution < 1.29 is 29.0 Å². The third-order valence-electron chi connectivity index (χ3n) is 7.82. The zero-order valence-electron chi connectivity index (χ0n) is 23.0. The number of amides is 2. The van der Waals surface area contributed by atoms with E-state index in [0.717, 1.165) is 12.1 Å². The molecule has 43 heavy (non-hydrogen) atoms. The van der Waals surface area contributed by atoms with Crippen LogP contribution in [0.5, 0.6) is 0 Å². The fourth-order valence-corrected chi connectivity index (χ4v) is 6.69. The van der Waals surface area contributed by atoms with E-state index >= 15 is 4.39 Å². The monoisotopic (exact) mass is 716 g/mol. The standard InChI is InChI=1S/C31H27ClFIN4O5/c1-3-23(39)37-16-31(12-13-31)38(15-22(37)34)30(43)27(28(35)26-19(32)7-5-8-20(26)33)29(42)36-14-17(2)25-18(10-11-24(40)41)6-4-9-21(25)36/h3-11,14,22,35,42H,1,12-13,15-16H2,2H3,(H,40,41)/b11-10+,29-27?,35-28?. The Balaban J connectivity index is 1.70. The number of nitrogens with zero attached hydrogens (tertiary/aromatic N) is 3. The minimum atomic E-state index is -1.13. The summed E-state index contributed by atoms with van der Waals surface area (Å²) in [4.78, 5) is 41.4. The molecule has 222 valence electrons. The van der Waals surface area contributed by atoms with E-state index in [-0.39, 0.29) is 29.6 Å². The molecule has 2 heterocycles. The van der Waals surface area contributed by atoms with Gasteiger partial charge in [-0.3, -0.25) is 19.6 Å². The van der Waals surface area contributed by atoms with Crippen LogP contribution in [0.25, 0.3) is 22.9 Å². The lowest BCUT2D eigenvalue weighted by atomic mass is 9.98. The molecule has 5 rings (SSSR count). The van der Waals surface area contributed by atoms with E-state index in [0.29, 0.717) is 34.9 Å². The van der Waals surface area contributed by atoms with Crippen molar-refractivity contribution >= 4 is 80.5 Å². The molecule has 2 amide bonds. The van der Waals surface area contributed by atoms with E-state index in [1.807, 2.05) is 0 Å². The quantitative estimate of drug-likeness (QED) is 0.0714. The maximum Gasteiger partial charge on any atom is 0.328 e. The number of carbonyl (C=O) groups is 3. The number of hydrogen-bond acceptors (Lipinski definition) is 5. The van der Waals surface area contributed by atoms with E-state index in [4.69, 9.17) is 22.1 Å². The number of carboxylic acid groups (broad SMARTS) is 1. The molecule has 3 aromatic rings. The van der Waals surface area contributed by atoms with Gasteiger partial charge in [-0.2, -0.15) is 0 Å². The van der Waals surface area contributed by atoms with Gasteiger partial charge in [-0.1, -0.05) is 59.0 Å². The topological polar surface area (TPSA) is 127 Å². The molecule has 0 radical (unpaired) electrons. The highest BCUT2D eigenvalue weighted by atomic mass is 127. The second-order valence-corrected chi connectivity index (χ2v) is 12.4. The molecule has 1 saturated heterocycles. The first-order valence-electron chi connectivity index (χ1n) is 13.3. The summed E-state index contributed by atoms with van der Waals surface area (Å²) in [5.74, 6) is -3.54. The number of aliphatic carboxylic acids is 1. The van der Waals surface area contributed by atoms with Crippen LogP contribution in [0.4, 0.5) is 4.39 Å². The van der Waals surface area contributed by atoms with E-state index in [1.165, 1.54) is 28.9 Å². The van der Waals surface area contributed by atoms with Crippen molar-refractivity contribution in [2.75, 3.05) is 13.1 Å². The molecule has 2 aromatic carbocycles. The summed E-state index contributed by atoms with van der Waals surface area (Å²) in [6.07, 6.45) is 6.43. The Hall–Kier alpha value is -3.97. The van der Waals surface area contributed by atoms with Gasteiger partial charge >= 0.3 is 5.97 Å². The number of aromatic nitrogens is 1. The summed E-state index contributed by atoms with van der Waals surface area (Å²) in [6, 6.07) is 8.96. The molecule has 1 aromatic heterocycles. The Morgan fingerprint density at radius 2 is 1.88 bits per heavy atom. The number of benzene rings is 2. The fraction of sp³-hybridized carbons (Fsp3) is 0.226. The Labute approximate surface area is 265 Å². The number of rotatable bonds is 7. The Bertz CT molecular complexity index is 1760. The van der Waals surface area contributed by atoms with Crippen molar-refractivity contribution in [1.82, 2.24) is 14.4 Å². The summed E-state index contributed by atoms with van der Waals surface area (Å²) in [7, 11) is 0. The van der Waals surface area contributed by atoms with Gasteiger partial charge in [0.1, 0.15) is 15.4 Å². The van der Waals surface area contributed by atoms with Gasteiger partial charge in [0.2, 0.25) is 11.8 Å². The van der Waals surface area contributed by atoms with Crippen molar-refractivity contribution in [3.8, 4) is 0 Å². The highest BCUT2D eigenvalue weighted by molar-refractivity contribution is 14.1. The maximum atomic E-state index is 15.1. The summed E-state index contributed by atoms with van der Waals surface area (Å²) in [5.41, 5.74) is -0.436. The fourth-order valence-electron chi connectivity index (χ4n) is 5.57. The molecule has 1 aliphatic carbocycles. The van der Waals surface area contributed by atoms with Crippen LogP contribution in [-0.4, -0.2) is 70.8 Å². The van der Waals surface area contributed by atoms with Gasteiger partial charge in [-0.25, -0.2) is 9.18 Å². The minimum absolute atomic E-state index is 0.105. The molecule has 9 nitrogen and oxygen atoms in total. The predicted octanol–water partition coefficient (Wildman–Crippen LogP) is 5.79. The molecular formula is C31H27ClFIN4O5. The van der Waals surface area contributed by atoms with Gasteiger partial charge in [-0.15, -0.1) is 0 Å². The second-order valence-electron chi connectivity index (χ2n) is 10.5. The average molecular weight is 717 g/mol. The summed E-state index contributed by atoms with van der Waals surface area (Å²) < 4.78 is 16.0. The van der Waals surface area contributed by atoms with Gasteiger partial charge < -0.3 is 20.0 Å². The number of alkyl halides is 1. The first kappa shape index (κ1) is 30.5.